The summed E-state index contributed by atoms with van der Waals surface area (Å²) in [5, 5.41) is 6.12. The average molecular weight is 413 g/mol. The molecule has 0 radical (unpaired) electrons. The van der Waals surface area contributed by atoms with Crippen LogP contribution >= 0.6 is 24.8 Å². The van der Waals surface area contributed by atoms with Crippen molar-refractivity contribution >= 4 is 42.3 Å². The fourth-order valence-electron chi connectivity index (χ4n) is 2.71. The molecule has 1 aromatic heterocycles. The maximum atomic E-state index is 12.0. The lowest BCUT2D eigenvalue weighted by molar-refractivity contribution is -0.116. The quantitative estimate of drug-likeness (QED) is 0.675. The Kier molecular flexibility index (Phi) is 9.00. The van der Waals surface area contributed by atoms with Crippen molar-refractivity contribution in [3.8, 4) is 11.6 Å². The molecule has 0 spiro atoms. The predicted octanol–water partition coefficient (Wildman–Crippen LogP) is 2.90. The lowest BCUT2D eigenvalue weighted by Gasteiger charge is -2.11. The summed E-state index contributed by atoms with van der Waals surface area (Å²) in [6.07, 6.45) is 4.14. The molecule has 2 aromatic rings. The molecule has 2 heterocycles. The maximum absolute atomic E-state index is 12.0. The van der Waals surface area contributed by atoms with E-state index in [4.69, 9.17) is 10.5 Å². The van der Waals surface area contributed by atoms with Crippen LogP contribution < -0.4 is 21.1 Å². The Morgan fingerprint density at radius 2 is 2.07 bits per heavy atom. The van der Waals surface area contributed by atoms with E-state index in [0.29, 0.717) is 29.3 Å². The van der Waals surface area contributed by atoms with Crippen LogP contribution in [0.4, 0.5) is 5.69 Å². The first-order valence-corrected chi connectivity index (χ1v) is 8.17. The van der Waals surface area contributed by atoms with Crippen molar-refractivity contribution in [3.63, 3.8) is 0 Å². The zero-order valence-electron chi connectivity index (χ0n) is 14.5. The topological polar surface area (TPSA) is 106 Å². The normalized spacial score (nSPS) is 15.2. The van der Waals surface area contributed by atoms with Crippen molar-refractivity contribution in [1.29, 1.82) is 0 Å². The number of anilines is 1. The molecule has 27 heavy (non-hydrogen) atoms. The van der Waals surface area contributed by atoms with Crippen LogP contribution in [0.5, 0.6) is 11.6 Å². The maximum Gasteiger partial charge on any atom is 0.248 e. The average Bonchev–Trinajstić information content (AvgIpc) is 3.10. The number of hydrogen-bond acceptors (Lipinski definition) is 5. The van der Waals surface area contributed by atoms with E-state index < -0.39 is 5.91 Å². The summed E-state index contributed by atoms with van der Waals surface area (Å²) in [6.45, 7) is 0.975. The number of benzene rings is 1. The van der Waals surface area contributed by atoms with Crippen LogP contribution in [0, 0.1) is 0 Å². The number of nitrogens with one attached hydrogen (secondary N) is 2. The summed E-state index contributed by atoms with van der Waals surface area (Å²) in [6, 6.07) is 10.2. The number of halogens is 2. The highest BCUT2D eigenvalue weighted by atomic mass is 35.5. The van der Waals surface area contributed by atoms with E-state index in [9.17, 15) is 9.59 Å². The van der Waals surface area contributed by atoms with Gasteiger partial charge >= 0.3 is 0 Å². The van der Waals surface area contributed by atoms with E-state index in [1.165, 1.54) is 6.20 Å². The van der Waals surface area contributed by atoms with Gasteiger partial charge in [-0.25, -0.2) is 4.98 Å². The second kappa shape index (κ2) is 10.7. The molecular formula is C18H22Cl2N4O3. The molecule has 146 valence electrons. The zero-order valence-corrected chi connectivity index (χ0v) is 16.1. The van der Waals surface area contributed by atoms with E-state index in [0.717, 1.165) is 19.4 Å². The number of ether oxygens (including phenoxy) is 1. The van der Waals surface area contributed by atoms with Gasteiger partial charge in [-0.2, -0.15) is 0 Å². The molecule has 1 unspecified atom stereocenters. The van der Waals surface area contributed by atoms with Crippen molar-refractivity contribution < 1.29 is 14.3 Å². The zero-order chi connectivity index (χ0) is 17.6. The smallest absolute Gasteiger partial charge is 0.248 e. The van der Waals surface area contributed by atoms with E-state index in [-0.39, 0.29) is 36.8 Å². The number of nitrogens with two attached hydrogens (primary N) is 1. The molecule has 0 saturated carbocycles. The van der Waals surface area contributed by atoms with Crippen LogP contribution in [0.1, 0.15) is 29.6 Å². The molecule has 1 aliphatic rings. The van der Waals surface area contributed by atoms with Gasteiger partial charge in [0.15, 0.2) is 0 Å². The minimum Gasteiger partial charge on any atom is -0.439 e. The summed E-state index contributed by atoms with van der Waals surface area (Å²) in [4.78, 5) is 27.3. The summed E-state index contributed by atoms with van der Waals surface area (Å²) in [7, 11) is 0. The van der Waals surface area contributed by atoms with Gasteiger partial charge in [0.25, 0.3) is 0 Å². The predicted molar refractivity (Wildman–Crippen MR) is 108 cm³/mol. The Morgan fingerprint density at radius 3 is 2.70 bits per heavy atom. The number of primary amides is 1. The first-order chi connectivity index (χ1) is 12.1. The number of carbonyl (C=O) groups is 2. The Bertz CT molecular complexity index is 765. The standard InChI is InChI=1S/C18H20N4O3.2ClH/c19-18(24)12-3-1-5-15(9-12)25-17-7-6-14(11-21-17)22-16(23)10-13-4-2-8-20-13;;/h1,3,5-7,9,11,13,20H,2,4,8,10H2,(H2,19,24)(H,22,23);2*1H. The van der Waals surface area contributed by atoms with Gasteiger partial charge in [0.05, 0.1) is 11.9 Å². The largest absolute Gasteiger partial charge is 0.439 e. The molecule has 1 saturated heterocycles. The van der Waals surface area contributed by atoms with Crippen LogP contribution in [0.3, 0.4) is 0 Å². The summed E-state index contributed by atoms with van der Waals surface area (Å²) in [5.74, 6) is 0.266. The van der Waals surface area contributed by atoms with Gasteiger partial charge < -0.3 is 21.1 Å². The van der Waals surface area contributed by atoms with Crippen LogP contribution in [-0.2, 0) is 4.79 Å². The molecule has 0 aliphatic carbocycles. The van der Waals surface area contributed by atoms with Gasteiger partial charge in [-0.3, -0.25) is 9.59 Å². The number of amides is 2. The van der Waals surface area contributed by atoms with Crippen molar-refractivity contribution in [1.82, 2.24) is 10.3 Å². The second-order valence-corrected chi connectivity index (χ2v) is 5.92. The van der Waals surface area contributed by atoms with E-state index in [1.807, 2.05) is 0 Å². The lowest BCUT2D eigenvalue weighted by atomic mass is 10.1. The van der Waals surface area contributed by atoms with Gasteiger partial charge in [-0.1, -0.05) is 6.07 Å². The number of aromatic nitrogens is 1. The number of rotatable bonds is 6. The summed E-state index contributed by atoms with van der Waals surface area (Å²) < 4.78 is 5.60. The van der Waals surface area contributed by atoms with Gasteiger partial charge in [0.2, 0.25) is 17.7 Å². The highest BCUT2D eigenvalue weighted by molar-refractivity contribution is 5.93. The number of pyridine rings is 1. The molecular weight excluding hydrogens is 391 g/mol. The fraction of sp³-hybridized carbons (Fsp3) is 0.278. The third-order valence-corrected chi connectivity index (χ3v) is 3.96. The SMILES string of the molecule is Cl.Cl.NC(=O)c1cccc(Oc2ccc(NC(=O)CC3CCCN3)cn2)c1. The fourth-order valence-corrected chi connectivity index (χ4v) is 2.71. The van der Waals surface area contributed by atoms with Gasteiger partial charge in [-0.05, 0) is 43.7 Å². The highest BCUT2D eigenvalue weighted by Crippen LogP contribution is 2.21. The third kappa shape index (κ3) is 6.71. The number of carbonyl (C=O) groups excluding carboxylic acids is 2. The van der Waals surface area contributed by atoms with Crippen molar-refractivity contribution in [2.45, 2.75) is 25.3 Å². The molecule has 7 nitrogen and oxygen atoms in total. The van der Waals surface area contributed by atoms with Gasteiger partial charge in [-0.15, -0.1) is 24.8 Å². The molecule has 3 rings (SSSR count). The number of nitrogens with zero attached hydrogens (tertiary/aromatic N) is 1. The molecule has 2 amide bonds. The molecule has 1 aromatic carbocycles. The first-order valence-electron chi connectivity index (χ1n) is 8.17. The minimum absolute atomic E-state index is 0. The van der Waals surface area contributed by atoms with Crippen LogP contribution in [0.15, 0.2) is 42.6 Å². The lowest BCUT2D eigenvalue weighted by Crippen LogP contribution is -2.27. The molecule has 4 N–H and O–H groups in total. The second-order valence-electron chi connectivity index (χ2n) is 5.92. The Hall–Kier alpha value is -2.35. The van der Waals surface area contributed by atoms with Crippen molar-refractivity contribution in [2.75, 3.05) is 11.9 Å². The summed E-state index contributed by atoms with van der Waals surface area (Å²) >= 11 is 0. The first kappa shape index (κ1) is 22.7. The van der Waals surface area contributed by atoms with E-state index in [2.05, 4.69) is 15.6 Å². The Balaban J connectivity index is 0.00000182. The van der Waals surface area contributed by atoms with Crippen LogP contribution in [-0.4, -0.2) is 29.4 Å². The molecule has 0 bridgehead atoms. The Morgan fingerprint density at radius 1 is 1.26 bits per heavy atom. The van der Waals surface area contributed by atoms with E-state index >= 15 is 0 Å². The Labute approximate surface area is 169 Å². The monoisotopic (exact) mass is 412 g/mol. The molecule has 1 fully saturated rings. The molecule has 1 atom stereocenters. The minimum atomic E-state index is -0.520. The van der Waals surface area contributed by atoms with E-state index in [1.54, 1.807) is 36.4 Å². The highest BCUT2D eigenvalue weighted by Gasteiger charge is 2.17. The van der Waals surface area contributed by atoms with Crippen molar-refractivity contribution in [2.24, 2.45) is 5.73 Å². The van der Waals surface area contributed by atoms with Crippen LogP contribution in [0.25, 0.3) is 0 Å². The molecule has 9 heteroatoms. The van der Waals surface area contributed by atoms with Crippen LogP contribution in [0.2, 0.25) is 0 Å². The molecule has 1 aliphatic heterocycles. The van der Waals surface area contributed by atoms with Gasteiger partial charge in [0, 0.05) is 24.1 Å². The summed E-state index contributed by atoms with van der Waals surface area (Å²) in [5.41, 5.74) is 6.22. The third-order valence-electron chi connectivity index (χ3n) is 3.96. The van der Waals surface area contributed by atoms with Gasteiger partial charge in [0.1, 0.15) is 5.75 Å². The van der Waals surface area contributed by atoms with Crippen molar-refractivity contribution in [3.05, 3.63) is 48.2 Å². The number of hydrogen-bond donors (Lipinski definition) is 3.